The van der Waals surface area contributed by atoms with Crippen LogP contribution in [0.15, 0.2) is 23.1 Å². The molecule has 1 aliphatic carbocycles. The first kappa shape index (κ1) is 15.9. The minimum absolute atomic E-state index is 0.0779. The van der Waals surface area contributed by atoms with Crippen molar-refractivity contribution in [3.8, 4) is 0 Å². The van der Waals surface area contributed by atoms with E-state index in [1.807, 2.05) is 0 Å². The molecule has 1 fully saturated rings. The molecule has 1 aromatic rings. The van der Waals surface area contributed by atoms with E-state index in [4.69, 9.17) is 9.88 Å². The highest BCUT2D eigenvalue weighted by molar-refractivity contribution is 7.89. The van der Waals surface area contributed by atoms with Gasteiger partial charge in [-0.15, -0.1) is 0 Å². The van der Waals surface area contributed by atoms with E-state index in [0.717, 1.165) is 12.8 Å². The molecule has 0 spiro atoms. The average molecular weight is 312 g/mol. The number of hydrogen-bond donors (Lipinski definition) is 2. The summed E-state index contributed by atoms with van der Waals surface area (Å²) in [5, 5.41) is 7.98. The molecule has 0 unspecified atom stereocenters. The Bertz CT molecular complexity index is 624. The number of nitrogens with one attached hydrogen (secondary N) is 1. The van der Waals surface area contributed by atoms with Crippen LogP contribution >= 0.6 is 0 Å². The van der Waals surface area contributed by atoms with Gasteiger partial charge in [0.05, 0.1) is 11.5 Å². The van der Waals surface area contributed by atoms with Gasteiger partial charge in [0.2, 0.25) is 10.0 Å². The quantitative estimate of drug-likeness (QED) is 0.819. The van der Waals surface area contributed by atoms with Crippen LogP contribution in [0.1, 0.15) is 35.2 Å². The van der Waals surface area contributed by atoms with Crippen molar-refractivity contribution in [2.75, 3.05) is 13.7 Å². The Kier molecular flexibility index (Phi) is 4.97. The number of carbonyl (C=O) groups excluding carboxylic acids is 1. The van der Waals surface area contributed by atoms with Crippen molar-refractivity contribution < 1.29 is 17.9 Å². The fourth-order valence-corrected chi connectivity index (χ4v) is 2.85. The van der Waals surface area contributed by atoms with Crippen LogP contribution in [0.2, 0.25) is 0 Å². The second kappa shape index (κ2) is 6.55. The van der Waals surface area contributed by atoms with E-state index < -0.39 is 10.0 Å². The summed E-state index contributed by atoms with van der Waals surface area (Å²) in [5.74, 6) is 0.249. The Morgan fingerprint density at radius 1 is 1.38 bits per heavy atom. The van der Waals surface area contributed by atoms with Crippen molar-refractivity contribution in [2.24, 2.45) is 11.1 Å². The summed E-state index contributed by atoms with van der Waals surface area (Å²) in [6.45, 7) is 0.838. The van der Waals surface area contributed by atoms with Gasteiger partial charge in [0, 0.05) is 19.2 Å². The second-order valence-electron chi connectivity index (χ2n) is 5.35. The topological polar surface area (TPSA) is 98.5 Å². The molecule has 0 aromatic heterocycles. The van der Waals surface area contributed by atoms with E-state index in [2.05, 4.69) is 5.32 Å². The molecule has 0 heterocycles. The minimum Gasteiger partial charge on any atom is -0.380 e. The highest BCUT2D eigenvalue weighted by atomic mass is 32.2. The molecule has 3 N–H and O–H groups in total. The maximum Gasteiger partial charge on any atom is 0.251 e. The normalized spacial score (nSPS) is 15.5. The number of rotatable bonds is 6. The van der Waals surface area contributed by atoms with Gasteiger partial charge in [0.25, 0.3) is 5.91 Å². The van der Waals surface area contributed by atoms with Gasteiger partial charge >= 0.3 is 0 Å². The SMILES string of the molecule is COCc1cc(C(=O)NCC2CCC2)cc(S(N)(=O)=O)c1. The van der Waals surface area contributed by atoms with Crippen LogP contribution in [-0.4, -0.2) is 28.0 Å². The standard InChI is InChI=1S/C14H20N2O4S/c1-20-9-11-5-12(7-13(6-11)21(15,18)19)14(17)16-8-10-3-2-4-10/h5-7,10H,2-4,8-9H2,1H3,(H,16,17)(H2,15,18,19). The molecule has 6 nitrogen and oxygen atoms in total. The molecule has 1 aromatic carbocycles. The highest BCUT2D eigenvalue weighted by Gasteiger charge is 2.19. The van der Waals surface area contributed by atoms with E-state index in [1.54, 1.807) is 6.07 Å². The van der Waals surface area contributed by atoms with Gasteiger partial charge in [-0.1, -0.05) is 6.42 Å². The lowest BCUT2D eigenvalue weighted by molar-refractivity contribution is 0.0938. The molecule has 1 amide bonds. The van der Waals surface area contributed by atoms with E-state index in [-0.39, 0.29) is 23.0 Å². The van der Waals surface area contributed by atoms with Crippen LogP contribution in [0.3, 0.4) is 0 Å². The number of benzene rings is 1. The number of primary sulfonamides is 1. The largest absolute Gasteiger partial charge is 0.380 e. The third kappa shape index (κ3) is 4.26. The number of methoxy groups -OCH3 is 1. The van der Waals surface area contributed by atoms with Gasteiger partial charge in [0.15, 0.2) is 0 Å². The molecule has 0 bridgehead atoms. The lowest BCUT2D eigenvalue weighted by Gasteiger charge is -2.25. The molecule has 0 saturated heterocycles. The number of carbonyl (C=O) groups is 1. The van der Waals surface area contributed by atoms with Gasteiger partial charge in [0.1, 0.15) is 0 Å². The highest BCUT2D eigenvalue weighted by Crippen LogP contribution is 2.25. The third-order valence-corrected chi connectivity index (χ3v) is 4.54. The van der Waals surface area contributed by atoms with E-state index >= 15 is 0 Å². The fourth-order valence-electron chi connectivity index (χ4n) is 2.24. The first-order chi connectivity index (χ1) is 9.90. The van der Waals surface area contributed by atoms with Crippen LogP contribution in [0, 0.1) is 5.92 Å². The molecular formula is C14H20N2O4S. The molecule has 2 rings (SSSR count). The van der Waals surface area contributed by atoms with Crippen molar-refractivity contribution in [3.05, 3.63) is 29.3 Å². The van der Waals surface area contributed by atoms with Gasteiger partial charge < -0.3 is 10.1 Å². The summed E-state index contributed by atoms with van der Waals surface area (Å²) in [6, 6.07) is 4.33. The average Bonchev–Trinajstić information content (AvgIpc) is 2.35. The fraction of sp³-hybridized carbons (Fsp3) is 0.500. The van der Waals surface area contributed by atoms with E-state index in [1.165, 1.54) is 25.7 Å². The number of nitrogens with two attached hydrogens (primary N) is 1. The predicted octanol–water partition coefficient (Wildman–Crippen LogP) is 1.01. The van der Waals surface area contributed by atoms with E-state index in [0.29, 0.717) is 18.0 Å². The Morgan fingerprint density at radius 3 is 2.62 bits per heavy atom. The zero-order valence-corrected chi connectivity index (χ0v) is 12.8. The van der Waals surface area contributed by atoms with Crippen LogP contribution in [0.4, 0.5) is 0 Å². The molecular weight excluding hydrogens is 292 g/mol. The predicted molar refractivity (Wildman–Crippen MR) is 78.2 cm³/mol. The Balaban J connectivity index is 2.19. The van der Waals surface area contributed by atoms with Gasteiger partial charge in [-0.05, 0) is 42.5 Å². The maximum absolute atomic E-state index is 12.1. The van der Waals surface area contributed by atoms with Crippen LogP contribution in [0.25, 0.3) is 0 Å². The monoisotopic (exact) mass is 312 g/mol. The molecule has 0 aliphatic heterocycles. The van der Waals surface area contributed by atoms with Crippen LogP contribution in [-0.2, 0) is 21.4 Å². The summed E-state index contributed by atoms with van der Waals surface area (Å²) in [7, 11) is -2.36. The smallest absolute Gasteiger partial charge is 0.251 e. The lowest BCUT2D eigenvalue weighted by Crippen LogP contribution is -2.32. The number of amides is 1. The Labute approximate surface area is 124 Å². The summed E-state index contributed by atoms with van der Waals surface area (Å²) in [5.41, 5.74) is 0.880. The Morgan fingerprint density at radius 2 is 2.10 bits per heavy atom. The molecule has 116 valence electrons. The first-order valence-electron chi connectivity index (χ1n) is 6.84. The maximum atomic E-state index is 12.1. The van der Waals surface area contributed by atoms with Gasteiger partial charge in [-0.2, -0.15) is 0 Å². The van der Waals surface area contributed by atoms with Crippen LogP contribution in [0.5, 0.6) is 0 Å². The number of ether oxygens (including phenoxy) is 1. The number of hydrogen-bond acceptors (Lipinski definition) is 4. The van der Waals surface area contributed by atoms with Crippen molar-refractivity contribution in [1.29, 1.82) is 0 Å². The number of sulfonamides is 1. The third-order valence-electron chi connectivity index (χ3n) is 3.64. The van der Waals surface area contributed by atoms with Gasteiger partial charge in [-0.25, -0.2) is 13.6 Å². The van der Waals surface area contributed by atoms with Crippen molar-refractivity contribution in [3.63, 3.8) is 0 Å². The Hall–Kier alpha value is -1.44. The van der Waals surface area contributed by atoms with Crippen molar-refractivity contribution >= 4 is 15.9 Å². The second-order valence-corrected chi connectivity index (χ2v) is 6.91. The lowest BCUT2D eigenvalue weighted by atomic mass is 9.85. The summed E-state index contributed by atoms with van der Waals surface area (Å²) in [6.07, 6.45) is 3.47. The molecule has 0 atom stereocenters. The summed E-state index contributed by atoms with van der Waals surface area (Å²) >= 11 is 0. The summed E-state index contributed by atoms with van der Waals surface area (Å²) < 4.78 is 28.0. The van der Waals surface area contributed by atoms with E-state index in [9.17, 15) is 13.2 Å². The zero-order valence-electron chi connectivity index (χ0n) is 12.0. The zero-order chi connectivity index (χ0) is 15.5. The molecule has 1 aliphatic rings. The van der Waals surface area contributed by atoms with Crippen molar-refractivity contribution in [1.82, 2.24) is 5.32 Å². The molecule has 21 heavy (non-hydrogen) atoms. The van der Waals surface area contributed by atoms with Gasteiger partial charge in [-0.3, -0.25) is 4.79 Å². The minimum atomic E-state index is -3.86. The molecule has 1 saturated carbocycles. The van der Waals surface area contributed by atoms with Crippen LogP contribution < -0.4 is 10.5 Å². The summed E-state index contributed by atoms with van der Waals surface area (Å²) in [4.78, 5) is 12.1. The molecule has 7 heteroatoms. The molecule has 0 radical (unpaired) electrons. The first-order valence-corrected chi connectivity index (χ1v) is 8.38. The van der Waals surface area contributed by atoms with Crippen molar-refractivity contribution in [2.45, 2.75) is 30.8 Å².